The molecule has 0 spiro atoms. The van der Waals surface area contributed by atoms with E-state index in [0.29, 0.717) is 11.0 Å². The van der Waals surface area contributed by atoms with Gasteiger partial charge in [-0.05, 0) is 5.56 Å². The third kappa shape index (κ3) is 3.65. The Morgan fingerprint density at radius 2 is 2.11 bits per heavy atom. The minimum atomic E-state index is -0.719. The summed E-state index contributed by atoms with van der Waals surface area (Å²) in [6.45, 7) is 0.385. The smallest absolute Gasteiger partial charge is 0.125 e. The Hall–Kier alpha value is -0.700. The number of nitrogens with zero attached hydrogens (tertiary/aromatic N) is 1. The van der Waals surface area contributed by atoms with Crippen molar-refractivity contribution < 1.29 is 19.8 Å². The molecule has 0 aliphatic carbocycles. The highest BCUT2D eigenvalue weighted by atomic mass is 127. The van der Waals surface area contributed by atoms with Crippen LogP contribution in [0.4, 0.5) is 0 Å². The van der Waals surface area contributed by atoms with E-state index in [9.17, 15) is 5.11 Å². The molecule has 1 aromatic rings. The molecule has 104 valence electrons. The van der Waals surface area contributed by atoms with Gasteiger partial charge in [-0.25, -0.2) is 0 Å². The van der Waals surface area contributed by atoms with Gasteiger partial charge >= 0.3 is 0 Å². The minimum Gasteiger partial charge on any atom is -0.411 e. The predicted octanol–water partition coefficient (Wildman–Crippen LogP) is 1.60. The Morgan fingerprint density at radius 1 is 1.37 bits per heavy atom. The van der Waals surface area contributed by atoms with E-state index in [4.69, 9.17) is 14.7 Å². The van der Waals surface area contributed by atoms with Crippen LogP contribution in [0, 0.1) is 0 Å². The monoisotopic (exact) mass is 377 g/mol. The number of hydrogen-bond donors (Lipinski definition) is 2. The second-order valence-electron chi connectivity index (χ2n) is 4.31. The number of ether oxygens (including phenoxy) is 2. The first-order chi connectivity index (χ1) is 9.26. The molecular formula is C13H16INO4. The van der Waals surface area contributed by atoms with Crippen LogP contribution in [0.15, 0.2) is 35.5 Å². The number of oxime groups is 1. The van der Waals surface area contributed by atoms with Crippen LogP contribution in [-0.4, -0.2) is 45.4 Å². The van der Waals surface area contributed by atoms with Crippen molar-refractivity contribution in [2.75, 3.05) is 4.43 Å². The second kappa shape index (κ2) is 7.18. The Bertz CT molecular complexity index is 414. The standard InChI is InChI=1S/C13H16INO4/c14-6-10-12(16)13(11(19-10)7-15-17)18-8-9-4-2-1-3-5-9/h1-5,7,10-13,16-17H,6,8H2/b15-7-/t10-,11-,12+,13+/m0/s1. The first-order valence-electron chi connectivity index (χ1n) is 5.99. The van der Waals surface area contributed by atoms with E-state index >= 15 is 0 Å². The van der Waals surface area contributed by atoms with Crippen molar-refractivity contribution >= 4 is 28.8 Å². The summed E-state index contributed by atoms with van der Waals surface area (Å²) in [5.74, 6) is 0. The summed E-state index contributed by atoms with van der Waals surface area (Å²) in [6, 6.07) is 9.70. The number of alkyl halides is 1. The number of halogens is 1. The first-order valence-corrected chi connectivity index (χ1v) is 7.51. The normalized spacial score (nSPS) is 31.1. The van der Waals surface area contributed by atoms with Gasteiger partial charge in [0.2, 0.25) is 0 Å². The average Bonchev–Trinajstić information content (AvgIpc) is 2.74. The molecule has 1 fully saturated rings. The van der Waals surface area contributed by atoms with Gasteiger partial charge in [0.25, 0.3) is 0 Å². The van der Waals surface area contributed by atoms with E-state index in [-0.39, 0.29) is 6.10 Å². The third-order valence-electron chi connectivity index (χ3n) is 3.02. The van der Waals surface area contributed by atoms with Crippen LogP contribution in [0.3, 0.4) is 0 Å². The molecule has 0 radical (unpaired) electrons. The van der Waals surface area contributed by atoms with Gasteiger partial charge in [-0.3, -0.25) is 0 Å². The molecule has 6 heteroatoms. The van der Waals surface area contributed by atoms with Crippen molar-refractivity contribution in [3.8, 4) is 0 Å². The lowest BCUT2D eigenvalue weighted by atomic mass is 10.1. The van der Waals surface area contributed by atoms with E-state index in [2.05, 4.69) is 27.7 Å². The third-order valence-corrected chi connectivity index (χ3v) is 3.89. The van der Waals surface area contributed by atoms with E-state index in [1.165, 1.54) is 6.21 Å². The van der Waals surface area contributed by atoms with Crippen LogP contribution in [0.1, 0.15) is 5.56 Å². The van der Waals surface area contributed by atoms with Crippen molar-refractivity contribution in [3.63, 3.8) is 0 Å². The topological polar surface area (TPSA) is 71.3 Å². The molecule has 1 aliphatic rings. The van der Waals surface area contributed by atoms with Crippen LogP contribution in [0.25, 0.3) is 0 Å². The van der Waals surface area contributed by atoms with E-state index < -0.39 is 18.3 Å². The summed E-state index contributed by atoms with van der Waals surface area (Å²) in [7, 11) is 0. The molecule has 1 aromatic carbocycles. The fourth-order valence-corrected chi connectivity index (χ4v) is 2.77. The van der Waals surface area contributed by atoms with Gasteiger partial charge in [0.05, 0.1) is 18.9 Å². The van der Waals surface area contributed by atoms with Gasteiger partial charge in [-0.2, -0.15) is 0 Å². The molecule has 0 amide bonds. The van der Waals surface area contributed by atoms with E-state index in [1.54, 1.807) is 0 Å². The molecule has 0 aromatic heterocycles. The summed E-state index contributed by atoms with van der Waals surface area (Å²) in [6.07, 6.45) is -0.808. The molecule has 2 N–H and O–H groups in total. The average molecular weight is 377 g/mol. The Kier molecular flexibility index (Phi) is 5.56. The molecule has 4 atom stereocenters. The summed E-state index contributed by atoms with van der Waals surface area (Å²) in [5, 5.41) is 21.7. The van der Waals surface area contributed by atoms with Gasteiger partial charge in [0.15, 0.2) is 0 Å². The fraction of sp³-hybridized carbons (Fsp3) is 0.462. The largest absolute Gasteiger partial charge is 0.411 e. The molecule has 5 nitrogen and oxygen atoms in total. The minimum absolute atomic E-state index is 0.302. The lowest BCUT2D eigenvalue weighted by molar-refractivity contribution is -0.0308. The number of hydrogen-bond acceptors (Lipinski definition) is 5. The Morgan fingerprint density at radius 3 is 2.74 bits per heavy atom. The lowest BCUT2D eigenvalue weighted by Crippen LogP contribution is -2.36. The van der Waals surface area contributed by atoms with Gasteiger partial charge in [-0.1, -0.05) is 58.1 Å². The first kappa shape index (κ1) is 14.7. The van der Waals surface area contributed by atoms with Crippen LogP contribution < -0.4 is 0 Å². The highest BCUT2D eigenvalue weighted by molar-refractivity contribution is 14.1. The van der Waals surface area contributed by atoms with Crippen molar-refractivity contribution in [2.45, 2.75) is 31.0 Å². The molecule has 1 saturated heterocycles. The van der Waals surface area contributed by atoms with Crippen LogP contribution in [0.2, 0.25) is 0 Å². The maximum Gasteiger partial charge on any atom is 0.125 e. The molecule has 0 unspecified atom stereocenters. The molecule has 0 bridgehead atoms. The van der Waals surface area contributed by atoms with Crippen molar-refractivity contribution in [1.29, 1.82) is 0 Å². The zero-order valence-electron chi connectivity index (χ0n) is 10.2. The molecule has 19 heavy (non-hydrogen) atoms. The van der Waals surface area contributed by atoms with Gasteiger partial charge in [0.1, 0.15) is 18.3 Å². The van der Waals surface area contributed by atoms with Crippen LogP contribution in [0.5, 0.6) is 0 Å². The van der Waals surface area contributed by atoms with Crippen LogP contribution in [-0.2, 0) is 16.1 Å². The number of rotatable bonds is 5. The summed E-state index contributed by atoms with van der Waals surface area (Å²) in [4.78, 5) is 0. The number of aliphatic hydroxyl groups excluding tert-OH is 1. The van der Waals surface area contributed by atoms with Gasteiger partial charge in [0, 0.05) is 4.43 Å². The van der Waals surface area contributed by atoms with Crippen molar-refractivity contribution in [2.24, 2.45) is 5.16 Å². The SMILES string of the molecule is O/N=C\[C@@H]1O[C@@H](CI)[C@@H](O)[C@@H]1OCc1ccccc1. The molecule has 0 saturated carbocycles. The maximum absolute atomic E-state index is 10.1. The summed E-state index contributed by atoms with van der Waals surface area (Å²) in [5.41, 5.74) is 1.02. The zero-order valence-corrected chi connectivity index (χ0v) is 12.4. The highest BCUT2D eigenvalue weighted by Gasteiger charge is 2.43. The fourth-order valence-electron chi connectivity index (χ4n) is 2.04. The highest BCUT2D eigenvalue weighted by Crippen LogP contribution is 2.25. The Balaban J connectivity index is 1.99. The summed E-state index contributed by atoms with van der Waals surface area (Å²) < 4.78 is 11.9. The molecular weight excluding hydrogens is 361 g/mol. The Labute approximate surface area is 125 Å². The quantitative estimate of drug-likeness (QED) is 0.269. The van der Waals surface area contributed by atoms with E-state index in [0.717, 1.165) is 5.56 Å². The molecule has 2 rings (SSSR count). The van der Waals surface area contributed by atoms with Crippen molar-refractivity contribution in [1.82, 2.24) is 0 Å². The lowest BCUT2D eigenvalue weighted by Gasteiger charge is -2.18. The summed E-state index contributed by atoms with van der Waals surface area (Å²) >= 11 is 2.15. The molecule has 1 aliphatic heterocycles. The second-order valence-corrected chi connectivity index (χ2v) is 5.19. The maximum atomic E-state index is 10.1. The zero-order chi connectivity index (χ0) is 13.7. The van der Waals surface area contributed by atoms with Gasteiger partial charge in [-0.15, -0.1) is 0 Å². The number of benzene rings is 1. The predicted molar refractivity (Wildman–Crippen MR) is 78.9 cm³/mol. The van der Waals surface area contributed by atoms with Crippen LogP contribution >= 0.6 is 22.6 Å². The van der Waals surface area contributed by atoms with Crippen molar-refractivity contribution in [3.05, 3.63) is 35.9 Å². The number of aliphatic hydroxyl groups is 1. The molecule has 1 heterocycles. The van der Waals surface area contributed by atoms with Gasteiger partial charge < -0.3 is 19.8 Å². The van der Waals surface area contributed by atoms with E-state index in [1.807, 2.05) is 30.3 Å².